The number of amides is 1. The van der Waals surface area contributed by atoms with Crippen molar-refractivity contribution < 1.29 is 18.8 Å². The molecule has 8 nitrogen and oxygen atoms in total. The quantitative estimate of drug-likeness (QED) is 0.488. The van der Waals surface area contributed by atoms with E-state index in [0.29, 0.717) is 48.4 Å². The highest BCUT2D eigenvalue weighted by Gasteiger charge is 2.23. The third kappa shape index (κ3) is 4.29. The molecule has 1 amide bonds. The van der Waals surface area contributed by atoms with Crippen molar-refractivity contribution in [1.29, 1.82) is 0 Å². The van der Waals surface area contributed by atoms with Crippen LogP contribution in [0.25, 0.3) is 11.3 Å². The minimum atomic E-state index is -0.536. The number of nitro benzene ring substituents is 1. The Balaban J connectivity index is 1.61. The topological polar surface area (TPSA) is 97.6 Å². The van der Waals surface area contributed by atoms with Gasteiger partial charge in [-0.15, -0.1) is 11.3 Å². The summed E-state index contributed by atoms with van der Waals surface area (Å²) >= 11 is 1.19. The van der Waals surface area contributed by atoms with E-state index in [0.717, 1.165) is 0 Å². The molecule has 2 heterocycles. The highest BCUT2D eigenvalue weighted by molar-refractivity contribution is 7.14. The van der Waals surface area contributed by atoms with Crippen molar-refractivity contribution in [2.45, 2.75) is 0 Å². The first-order valence-electron chi connectivity index (χ1n) is 9.15. The second kappa shape index (κ2) is 8.56. The van der Waals surface area contributed by atoms with Gasteiger partial charge in [-0.05, 0) is 18.2 Å². The van der Waals surface area contributed by atoms with E-state index >= 15 is 0 Å². The van der Waals surface area contributed by atoms with Crippen LogP contribution in [0.3, 0.4) is 0 Å². The van der Waals surface area contributed by atoms with Gasteiger partial charge in [-0.3, -0.25) is 20.2 Å². The summed E-state index contributed by atoms with van der Waals surface area (Å²) in [5.74, 6) is -0.877. The first kappa shape index (κ1) is 19.9. The summed E-state index contributed by atoms with van der Waals surface area (Å²) in [6.07, 6.45) is 0. The van der Waals surface area contributed by atoms with Gasteiger partial charge in [-0.25, -0.2) is 9.37 Å². The molecule has 10 heteroatoms. The lowest BCUT2D eigenvalue weighted by Gasteiger charge is -2.30. The Morgan fingerprint density at radius 3 is 2.77 bits per heavy atom. The Labute approximate surface area is 175 Å². The number of hydrogen-bond donors (Lipinski definition) is 1. The molecule has 1 aromatic heterocycles. The number of benzene rings is 2. The zero-order chi connectivity index (χ0) is 21.1. The van der Waals surface area contributed by atoms with Crippen molar-refractivity contribution >= 4 is 33.8 Å². The molecule has 0 radical (unpaired) electrons. The molecule has 0 spiro atoms. The summed E-state index contributed by atoms with van der Waals surface area (Å²) in [7, 11) is 0. The lowest BCUT2D eigenvalue weighted by atomic mass is 10.1. The predicted octanol–water partition coefficient (Wildman–Crippen LogP) is 3.95. The van der Waals surface area contributed by atoms with Crippen molar-refractivity contribution in [3.8, 4) is 11.3 Å². The molecular weight excluding hydrogens is 411 g/mol. The standard InChI is InChI=1S/C20H17FN4O4S/c21-14-3-1-2-13(10-14)17-12-30-20(22-17)23-19(26)16-11-15(25(27)28)4-5-18(16)24-6-8-29-9-7-24/h1-5,10-12H,6-9H2,(H,22,23,26). The molecule has 4 rings (SSSR count). The van der Waals surface area contributed by atoms with Crippen molar-refractivity contribution in [2.75, 3.05) is 36.5 Å². The Morgan fingerprint density at radius 2 is 2.03 bits per heavy atom. The summed E-state index contributed by atoms with van der Waals surface area (Å²) in [5.41, 5.74) is 1.74. The molecule has 0 aliphatic carbocycles. The van der Waals surface area contributed by atoms with Gasteiger partial charge in [0.05, 0.1) is 35.1 Å². The lowest BCUT2D eigenvalue weighted by Crippen LogP contribution is -2.37. The van der Waals surface area contributed by atoms with Gasteiger partial charge in [0.1, 0.15) is 5.82 Å². The summed E-state index contributed by atoms with van der Waals surface area (Å²) < 4.78 is 18.8. The number of nitrogens with one attached hydrogen (secondary N) is 1. The number of non-ortho nitro benzene ring substituents is 1. The van der Waals surface area contributed by atoms with Gasteiger partial charge >= 0.3 is 0 Å². The van der Waals surface area contributed by atoms with Gasteiger partial charge in [0.25, 0.3) is 11.6 Å². The van der Waals surface area contributed by atoms with E-state index in [2.05, 4.69) is 10.3 Å². The van der Waals surface area contributed by atoms with Gasteiger partial charge in [-0.2, -0.15) is 0 Å². The van der Waals surface area contributed by atoms with Gasteiger partial charge in [0, 0.05) is 36.2 Å². The van der Waals surface area contributed by atoms with E-state index < -0.39 is 10.8 Å². The largest absolute Gasteiger partial charge is 0.378 e. The molecular formula is C20H17FN4O4S. The monoisotopic (exact) mass is 428 g/mol. The Hall–Kier alpha value is -3.37. The number of thiazole rings is 1. The van der Waals surface area contributed by atoms with E-state index in [4.69, 9.17) is 4.74 Å². The summed E-state index contributed by atoms with van der Waals surface area (Å²) in [6, 6.07) is 10.2. The number of morpholine rings is 1. The molecule has 30 heavy (non-hydrogen) atoms. The van der Waals surface area contributed by atoms with E-state index in [9.17, 15) is 19.3 Å². The molecule has 1 aliphatic rings. The van der Waals surface area contributed by atoms with Crippen LogP contribution in [0.15, 0.2) is 47.8 Å². The Kier molecular flexibility index (Phi) is 5.68. The Bertz CT molecular complexity index is 1100. The number of ether oxygens (including phenoxy) is 1. The smallest absolute Gasteiger partial charge is 0.270 e. The van der Waals surface area contributed by atoms with Crippen molar-refractivity contribution in [2.24, 2.45) is 0 Å². The highest BCUT2D eigenvalue weighted by Crippen LogP contribution is 2.29. The van der Waals surface area contributed by atoms with E-state index in [1.54, 1.807) is 23.6 Å². The van der Waals surface area contributed by atoms with Crippen LogP contribution in [0.5, 0.6) is 0 Å². The van der Waals surface area contributed by atoms with Crippen LogP contribution in [0.2, 0.25) is 0 Å². The molecule has 0 unspecified atom stereocenters. The first-order chi connectivity index (χ1) is 14.5. The second-order valence-electron chi connectivity index (χ2n) is 6.56. The third-order valence-electron chi connectivity index (χ3n) is 4.63. The summed E-state index contributed by atoms with van der Waals surface area (Å²) in [6.45, 7) is 2.20. The molecule has 3 aromatic rings. The van der Waals surface area contributed by atoms with Gasteiger partial charge < -0.3 is 9.64 Å². The fourth-order valence-electron chi connectivity index (χ4n) is 3.18. The number of aromatic nitrogens is 1. The van der Waals surface area contributed by atoms with Gasteiger partial charge in [0.15, 0.2) is 5.13 Å². The van der Waals surface area contributed by atoms with Gasteiger partial charge in [0.2, 0.25) is 0 Å². The minimum absolute atomic E-state index is 0.170. The SMILES string of the molecule is O=C(Nc1nc(-c2cccc(F)c2)cs1)c1cc([N+](=O)[O-])ccc1N1CCOCC1. The fourth-order valence-corrected chi connectivity index (χ4v) is 3.89. The van der Waals surface area contributed by atoms with Crippen LogP contribution in [-0.4, -0.2) is 42.1 Å². The maximum atomic E-state index is 13.5. The van der Waals surface area contributed by atoms with Crippen LogP contribution in [-0.2, 0) is 4.74 Å². The van der Waals surface area contributed by atoms with Crippen LogP contribution in [0.4, 0.5) is 20.9 Å². The normalized spacial score (nSPS) is 13.8. The zero-order valence-corrected chi connectivity index (χ0v) is 16.5. The average molecular weight is 428 g/mol. The van der Waals surface area contributed by atoms with Crippen LogP contribution < -0.4 is 10.2 Å². The van der Waals surface area contributed by atoms with E-state index in [1.165, 1.54) is 35.6 Å². The first-order valence-corrected chi connectivity index (χ1v) is 10.0. The van der Waals surface area contributed by atoms with Crippen LogP contribution >= 0.6 is 11.3 Å². The number of nitro groups is 1. The molecule has 154 valence electrons. The minimum Gasteiger partial charge on any atom is -0.378 e. The number of carbonyl (C=O) groups is 1. The highest BCUT2D eigenvalue weighted by atomic mass is 32.1. The molecule has 1 saturated heterocycles. The van der Waals surface area contributed by atoms with Crippen LogP contribution in [0, 0.1) is 15.9 Å². The number of anilines is 2. The van der Waals surface area contributed by atoms with Crippen molar-refractivity contribution in [3.63, 3.8) is 0 Å². The maximum absolute atomic E-state index is 13.5. The molecule has 0 saturated carbocycles. The number of halogens is 1. The Morgan fingerprint density at radius 1 is 1.23 bits per heavy atom. The van der Waals surface area contributed by atoms with E-state index in [-0.39, 0.29) is 17.1 Å². The second-order valence-corrected chi connectivity index (χ2v) is 7.42. The zero-order valence-electron chi connectivity index (χ0n) is 15.7. The van der Waals surface area contributed by atoms with Crippen molar-refractivity contribution in [1.82, 2.24) is 4.98 Å². The molecule has 1 fully saturated rings. The number of carbonyl (C=O) groups excluding carboxylic acids is 1. The molecule has 1 N–H and O–H groups in total. The summed E-state index contributed by atoms with van der Waals surface area (Å²) in [4.78, 5) is 29.9. The fraction of sp³-hybridized carbons (Fsp3) is 0.200. The van der Waals surface area contributed by atoms with Crippen molar-refractivity contribution in [3.05, 3.63) is 69.3 Å². The van der Waals surface area contributed by atoms with E-state index in [1.807, 2.05) is 4.90 Å². The molecule has 0 bridgehead atoms. The van der Waals surface area contributed by atoms with Gasteiger partial charge in [-0.1, -0.05) is 12.1 Å². The molecule has 2 aromatic carbocycles. The average Bonchev–Trinajstić information content (AvgIpc) is 3.22. The number of nitrogens with zero attached hydrogens (tertiary/aromatic N) is 3. The third-order valence-corrected chi connectivity index (χ3v) is 5.39. The summed E-state index contributed by atoms with van der Waals surface area (Å²) in [5, 5.41) is 15.9. The predicted molar refractivity (Wildman–Crippen MR) is 112 cm³/mol. The number of rotatable bonds is 5. The maximum Gasteiger partial charge on any atom is 0.270 e. The number of hydrogen-bond acceptors (Lipinski definition) is 7. The molecule has 1 aliphatic heterocycles. The van der Waals surface area contributed by atoms with Crippen LogP contribution in [0.1, 0.15) is 10.4 Å². The lowest BCUT2D eigenvalue weighted by molar-refractivity contribution is -0.384. The molecule has 0 atom stereocenters.